The molecule has 2 aromatic rings. The maximum absolute atomic E-state index is 12.7. The number of carbonyl (C=O) groups excluding carboxylic acids is 2. The zero-order valence-corrected chi connectivity index (χ0v) is 12.9. The van der Waals surface area contributed by atoms with E-state index in [9.17, 15) is 27.9 Å². The Morgan fingerprint density at radius 1 is 1.20 bits per heavy atom. The van der Waals surface area contributed by atoms with Crippen molar-refractivity contribution in [3.05, 3.63) is 36.4 Å². The van der Waals surface area contributed by atoms with E-state index in [-0.39, 0.29) is 18.6 Å². The molecule has 0 radical (unpaired) electrons. The first kappa shape index (κ1) is 17.1. The molecule has 1 fully saturated rings. The number of phenols is 1. The number of fused-ring (bicyclic) bond motifs is 1. The van der Waals surface area contributed by atoms with Gasteiger partial charge in [0.1, 0.15) is 17.7 Å². The zero-order valence-electron chi connectivity index (χ0n) is 12.9. The van der Waals surface area contributed by atoms with Crippen LogP contribution in [-0.4, -0.2) is 29.1 Å². The van der Waals surface area contributed by atoms with E-state index in [0.29, 0.717) is 16.5 Å². The van der Waals surface area contributed by atoms with Crippen LogP contribution in [0.3, 0.4) is 0 Å². The van der Waals surface area contributed by atoms with Crippen molar-refractivity contribution in [3.63, 3.8) is 0 Å². The summed E-state index contributed by atoms with van der Waals surface area (Å²) in [5.41, 5.74) is 0.424. The lowest BCUT2D eigenvalue weighted by atomic mass is 9.92. The van der Waals surface area contributed by atoms with Crippen LogP contribution < -0.4 is 10.6 Å². The average Bonchev–Trinajstić information content (AvgIpc) is 2.53. The summed E-state index contributed by atoms with van der Waals surface area (Å²) >= 11 is 0. The van der Waals surface area contributed by atoms with Crippen LogP contribution in [-0.2, 0) is 9.59 Å². The largest absolute Gasteiger partial charge is 0.508 e. The molecule has 0 bridgehead atoms. The van der Waals surface area contributed by atoms with Crippen molar-refractivity contribution < 1.29 is 27.9 Å². The van der Waals surface area contributed by atoms with Crippen molar-refractivity contribution in [1.29, 1.82) is 0 Å². The topological polar surface area (TPSA) is 78.4 Å². The highest BCUT2D eigenvalue weighted by atomic mass is 19.4. The van der Waals surface area contributed by atoms with Gasteiger partial charge in [-0.15, -0.1) is 0 Å². The third-order valence-corrected chi connectivity index (χ3v) is 4.21. The number of hydrogen-bond acceptors (Lipinski definition) is 3. The van der Waals surface area contributed by atoms with Crippen LogP contribution in [0, 0.1) is 5.92 Å². The van der Waals surface area contributed by atoms with Crippen molar-refractivity contribution in [1.82, 2.24) is 5.32 Å². The van der Waals surface area contributed by atoms with E-state index >= 15 is 0 Å². The molecular formula is C17H15F3N2O3. The van der Waals surface area contributed by atoms with Crippen LogP contribution in [0.4, 0.5) is 18.9 Å². The van der Waals surface area contributed by atoms with Gasteiger partial charge in [-0.05, 0) is 42.5 Å². The van der Waals surface area contributed by atoms with Crippen molar-refractivity contribution in [2.75, 3.05) is 5.32 Å². The molecule has 0 saturated carbocycles. The van der Waals surface area contributed by atoms with Crippen LogP contribution >= 0.6 is 0 Å². The second-order valence-corrected chi connectivity index (χ2v) is 5.93. The highest BCUT2D eigenvalue weighted by molar-refractivity contribution is 6.10. The molecular weight excluding hydrogens is 337 g/mol. The maximum Gasteiger partial charge on any atom is 0.408 e. The number of phenolic OH excluding ortho intramolecular Hbond substituents is 1. The molecule has 0 aromatic heterocycles. The lowest BCUT2D eigenvalue weighted by Gasteiger charge is -2.29. The van der Waals surface area contributed by atoms with Crippen LogP contribution in [0.2, 0.25) is 0 Å². The predicted molar refractivity (Wildman–Crippen MR) is 85.0 cm³/mol. The smallest absolute Gasteiger partial charge is 0.408 e. The first-order valence-electron chi connectivity index (χ1n) is 7.65. The number of hydrogen-bond donors (Lipinski definition) is 3. The Bertz CT molecular complexity index is 835. The van der Waals surface area contributed by atoms with Gasteiger partial charge in [0.05, 0.1) is 0 Å². The SMILES string of the molecule is O=C(Nc1cccc2cc(O)ccc12)C1CCC(C(F)(F)F)NC1=O. The molecule has 8 heteroatoms. The maximum atomic E-state index is 12.7. The van der Waals surface area contributed by atoms with E-state index in [4.69, 9.17) is 0 Å². The number of alkyl halides is 3. The molecule has 1 heterocycles. The number of benzene rings is 2. The number of anilines is 1. The van der Waals surface area contributed by atoms with Crippen LogP contribution in [0.15, 0.2) is 36.4 Å². The van der Waals surface area contributed by atoms with E-state index in [1.54, 1.807) is 24.3 Å². The standard InChI is InChI=1S/C17H15F3N2O3/c18-17(19,20)14-7-6-12(16(25)22-14)15(24)21-13-3-1-2-9-8-10(23)4-5-11(9)13/h1-5,8,12,14,23H,6-7H2,(H,21,24)(H,22,25). The Balaban J connectivity index is 1.76. The van der Waals surface area contributed by atoms with Crippen molar-refractivity contribution >= 4 is 28.3 Å². The molecule has 2 unspecified atom stereocenters. The Morgan fingerprint density at radius 3 is 2.64 bits per heavy atom. The van der Waals surface area contributed by atoms with Crippen LogP contribution in [0.25, 0.3) is 10.8 Å². The Morgan fingerprint density at radius 2 is 1.96 bits per heavy atom. The minimum Gasteiger partial charge on any atom is -0.508 e. The molecule has 2 amide bonds. The number of carbonyl (C=O) groups is 2. The van der Waals surface area contributed by atoms with E-state index in [2.05, 4.69) is 5.32 Å². The molecule has 1 aliphatic rings. The first-order chi connectivity index (χ1) is 11.8. The van der Waals surface area contributed by atoms with E-state index in [0.717, 1.165) is 0 Å². The molecule has 3 rings (SSSR count). The minimum absolute atomic E-state index is 0.0702. The second-order valence-electron chi connectivity index (χ2n) is 5.93. The van der Waals surface area contributed by atoms with Gasteiger partial charge in [0.25, 0.3) is 0 Å². The van der Waals surface area contributed by atoms with Gasteiger partial charge in [-0.25, -0.2) is 0 Å². The first-order valence-corrected chi connectivity index (χ1v) is 7.65. The normalized spacial score (nSPS) is 21.0. The number of aromatic hydroxyl groups is 1. The van der Waals surface area contributed by atoms with Crippen molar-refractivity contribution in [2.45, 2.75) is 25.1 Å². The minimum atomic E-state index is -4.52. The fourth-order valence-electron chi connectivity index (χ4n) is 2.90. The Hall–Kier alpha value is -2.77. The third kappa shape index (κ3) is 3.52. The third-order valence-electron chi connectivity index (χ3n) is 4.21. The Labute approximate surface area is 140 Å². The quantitative estimate of drug-likeness (QED) is 0.727. The van der Waals surface area contributed by atoms with Gasteiger partial charge in [0.15, 0.2) is 0 Å². The summed E-state index contributed by atoms with van der Waals surface area (Å²) in [5, 5.41) is 15.3. The number of nitrogens with one attached hydrogen (secondary N) is 2. The van der Waals surface area contributed by atoms with Crippen molar-refractivity contribution in [3.8, 4) is 5.75 Å². The molecule has 25 heavy (non-hydrogen) atoms. The molecule has 5 nitrogen and oxygen atoms in total. The lowest BCUT2D eigenvalue weighted by Crippen LogP contribution is -2.53. The molecule has 1 aliphatic heterocycles. The monoisotopic (exact) mass is 352 g/mol. The van der Waals surface area contributed by atoms with Gasteiger partial charge >= 0.3 is 6.18 Å². The summed E-state index contributed by atoms with van der Waals surface area (Å²) in [6.45, 7) is 0. The summed E-state index contributed by atoms with van der Waals surface area (Å²) in [4.78, 5) is 24.2. The molecule has 2 atom stereocenters. The highest BCUT2D eigenvalue weighted by Gasteiger charge is 2.45. The lowest BCUT2D eigenvalue weighted by molar-refractivity contribution is -0.170. The summed E-state index contributed by atoms with van der Waals surface area (Å²) in [6.07, 6.45) is -5.03. The molecule has 0 aliphatic carbocycles. The number of piperidine rings is 1. The van der Waals surface area contributed by atoms with Gasteiger partial charge in [0, 0.05) is 11.1 Å². The average molecular weight is 352 g/mol. The van der Waals surface area contributed by atoms with Gasteiger partial charge in [-0.1, -0.05) is 12.1 Å². The summed E-state index contributed by atoms with van der Waals surface area (Å²) in [7, 11) is 0. The van der Waals surface area contributed by atoms with E-state index in [1.165, 1.54) is 12.1 Å². The van der Waals surface area contributed by atoms with E-state index < -0.39 is 30.0 Å². The summed E-state index contributed by atoms with van der Waals surface area (Å²) in [6, 6.07) is 7.71. The fourth-order valence-corrected chi connectivity index (χ4v) is 2.90. The predicted octanol–water partition coefficient (Wildman–Crippen LogP) is 2.94. The highest BCUT2D eigenvalue weighted by Crippen LogP contribution is 2.30. The Kier molecular flexibility index (Phi) is 4.28. The number of halogens is 3. The number of amides is 2. The van der Waals surface area contributed by atoms with Gasteiger partial charge in [0.2, 0.25) is 11.8 Å². The fraction of sp³-hybridized carbons (Fsp3) is 0.294. The van der Waals surface area contributed by atoms with Crippen LogP contribution in [0.1, 0.15) is 12.8 Å². The number of rotatable bonds is 2. The van der Waals surface area contributed by atoms with Crippen molar-refractivity contribution in [2.24, 2.45) is 5.92 Å². The molecule has 1 saturated heterocycles. The molecule has 3 N–H and O–H groups in total. The van der Waals surface area contributed by atoms with Gasteiger partial charge in [-0.2, -0.15) is 13.2 Å². The summed E-state index contributed by atoms with van der Waals surface area (Å²) < 4.78 is 38.0. The zero-order chi connectivity index (χ0) is 18.2. The van der Waals surface area contributed by atoms with E-state index in [1.807, 2.05) is 5.32 Å². The molecule has 0 spiro atoms. The van der Waals surface area contributed by atoms with Crippen LogP contribution in [0.5, 0.6) is 5.75 Å². The molecule has 2 aromatic carbocycles. The van der Waals surface area contributed by atoms with Gasteiger partial charge < -0.3 is 15.7 Å². The molecule has 132 valence electrons. The van der Waals surface area contributed by atoms with Gasteiger partial charge in [-0.3, -0.25) is 9.59 Å². The second kappa shape index (κ2) is 6.27. The summed E-state index contributed by atoms with van der Waals surface area (Å²) in [5.74, 6) is -2.69.